The van der Waals surface area contributed by atoms with E-state index in [1.807, 2.05) is 10.9 Å². The summed E-state index contributed by atoms with van der Waals surface area (Å²) < 4.78 is 20.4. The highest BCUT2D eigenvalue weighted by Gasteiger charge is 2.41. The highest BCUT2D eigenvalue weighted by Crippen LogP contribution is 2.21. The van der Waals surface area contributed by atoms with Gasteiger partial charge in [0.15, 0.2) is 0 Å². The summed E-state index contributed by atoms with van der Waals surface area (Å²) in [5.74, 6) is -5.85. The van der Waals surface area contributed by atoms with Crippen LogP contribution >= 0.6 is 23.2 Å². The van der Waals surface area contributed by atoms with Crippen LogP contribution in [-0.4, -0.2) is 61.3 Å². The molecule has 214 valence electrons. The molecule has 2 amide bonds. The van der Waals surface area contributed by atoms with Crippen molar-refractivity contribution >= 4 is 52.9 Å². The second kappa shape index (κ2) is 14.0. The lowest BCUT2D eigenvalue weighted by atomic mass is 10.1. The Morgan fingerprint density at radius 3 is 1.76 bits per heavy atom. The summed E-state index contributed by atoms with van der Waals surface area (Å²) in [5.41, 5.74) is 3.70. The van der Waals surface area contributed by atoms with Crippen molar-refractivity contribution in [2.45, 2.75) is 12.2 Å². The number of nitrogens with one attached hydrogen (secondary N) is 2. The third-order valence-corrected chi connectivity index (χ3v) is 5.88. The number of hydrazine groups is 1. The Balaban J connectivity index is 1.88. The molecule has 0 heterocycles. The summed E-state index contributed by atoms with van der Waals surface area (Å²) in [6.07, 6.45) is -4.62. The fraction of sp³-hybridized carbons (Fsp3) is 0.148. The number of ether oxygens (including phenoxy) is 4. The second-order valence-corrected chi connectivity index (χ2v) is 8.87. The Morgan fingerprint density at radius 2 is 1.27 bits per heavy atom. The van der Waals surface area contributed by atoms with Crippen LogP contribution in [0.15, 0.2) is 66.7 Å². The number of amides is 2. The second-order valence-electron chi connectivity index (χ2n) is 8.02. The SMILES string of the molecule is COc1cccc(C(=O)O[C@H](C(=O)O)[C@H](OC(=O)c2cccc(OC)c2)C(=O)NNC(=O)c2ccc(Cl)cc2Cl)c1. The molecule has 0 aromatic heterocycles. The molecule has 0 fully saturated rings. The van der Waals surface area contributed by atoms with Gasteiger partial charge in [0, 0.05) is 5.02 Å². The van der Waals surface area contributed by atoms with Crippen molar-refractivity contribution in [3.8, 4) is 11.5 Å². The van der Waals surface area contributed by atoms with Crippen LogP contribution in [0.5, 0.6) is 11.5 Å². The van der Waals surface area contributed by atoms with Gasteiger partial charge in [0.1, 0.15) is 11.5 Å². The monoisotopic (exact) mass is 604 g/mol. The van der Waals surface area contributed by atoms with Crippen LogP contribution in [0.2, 0.25) is 10.0 Å². The van der Waals surface area contributed by atoms with Crippen molar-refractivity contribution < 1.29 is 48.0 Å². The van der Waals surface area contributed by atoms with Crippen molar-refractivity contribution in [2.24, 2.45) is 0 Å². The number of hydrogen-bond donors (Lipinski definition) is 3. The third kappa shape index (κ3) is 8.10. The zero-order chi connectivity index (χ0) is 30.1. The van der Waals surface area contributed by atoms with Gasteiger partial charge < -0.3 is 24.1 Å². The van der Waals surface area contributed by atoms with Gasteiger partial charge in [0.05, 0.1) is 35.9 Å². The number of aliphatic carboxylic acids is 1. The van der Waals surface area contributed by atoms with E-state index in [0.717, 1.165) is 0 Å². The van der Waals surface area contributed by atoms with Crippen LogP contribution in [0, 0.1) is 0 Å². The van der Waals surface area contributed by atoms with Gasteiger partial charge >= 0.3 is 17.9 Å². The van der Waals surface area contributed by atoms with Crippen LogP contribution in [0.1, 0.15) is 31.1 Å². The van der Waals surface area contributed by atoms with Gasteiger partial charge in [0.2, 0.25) is 12.2 Å². The van der Waals surface area contributed by atoms with Gasteiger partial charge in [-0.05, 0) is 54.6 Å². The lowest BCUT2D eigenvalue weighted by Crippen LogP contribution is -2.54. The molecule has 12 nitrogen and oxygen atoms in total. The topological polar surface area (TPSA) is 167 Å². The van der Waals surface area contributed by atoms with Crippen molar-refractivity contribution in [3.63, 3.8) is 0 Å². The molecule has 2 atom stereocenters. The van der Waals surface area contributed by atoms with Gasteiger partial charge in [-0.3, -0.25) is 20.4 Å². The number of carboxylic acid groups (broad SMARTS) is 1. The summed E-state index contributed by atoms with van der Waals surface area (Å²) in [6.45, 7) is 0. The number of halogens is 2. The number of methoxy groups -OCH3 is 2. The Hall–Kier alpha value is -4.81. The fourth-order valence-electron chi connectivity index (χ4n) is 3.29. The molecule has 3 aromatic carbocycles. The standard InChI is InChI=1S/C27H22Cl2N2O10/c1-38-17-7-3-5-14(11-17)26(36)40-21(24(33)31-30-23(32)19-10-9-16(28)13-20(19)29)22(25(34)35)41-27(37)15-6-4-8-18(12-15)39-2/h3-13,21-22H,1-2H3,(H,30,32)(H,31,33)(H,34,35)/t21-,22-/m0/s1. The fourth-order valence-corrected chi connectivity index (χ4v) is 3.79. The molecule has 0 spiro atoms. The highest BCUT2D eigenvalue weighted by molar-refractivity contribution is 6.36. The summed E-state index contributed by atoms with van der Waals surface area (Å²) in [6, 6.07) is 15.1. The molecule has 3 aromatic rings. The van der Waals surface area contributed by atoms with Crippen molar-refractivity contribution in [3.05, 3.63) is 93.5 Å². The van der Waals surface area contributed by atoms with Crippen molar-refractivity contribution in [1.82, 2.24) is 10.9 Å². The predicted octanol–water partition coefficient (Wildman–Crippen LogP) is 3.31. The number of carboxylic acids is 1. The average molecular weight is 605 g/mol. The molecule has 0 aliphatic heterocycles. The normalized spacial score (nSPS) is 11.8. The molecule has 0 unspecified atom stereocenters. The molecule has 0 aliphatic rings. The van der Waals surface area contributed by atoms with E-state index >= 15 is 0 Å². The Labute approximate surface area is 243 Å². The van der Waals surface area contributed by atoms with E-state index in [9.17, 15) is 29.1 Å². The lowest BCUT2D eigenvalue weighted by Gasteiger charge is -2.23. The number of hydrogen-bond acceptors (Lipinski definition) is 9. The van der Waals surface area contributed by atoms with Crippen LogP contribution in [0.3, 0.4) is 0 Å². The Bertz CT molecular complexity index is 1480. The van der Waals surface area contributed by atoms with Crippen molar-refractivity contribution in [2.75, 3.05) is 14.2 Å². The molecule has 0 bridgehead atoms. The summed E-state index contributed by atoms with van der Waals surface area (Å²) >= 11 is 11.8. The number of rotatable bonds is 10. The van der Waals surface area contributed by atoms with Crippen LogP contribution in [-0.2, 0) is 19.1 Å². The minimum atomic E-state index is -2.35. The number of esters is 2. The van der Waals surface area contributed by atoms with Gasteiger partial charge in [-0.15, -0.1) is 0 Å². The largest absolute Gasteiger partial charge is 0.497 e. The quantitative estimate of drug-likeness (QED) is 0.231. The molecule has 0 saturated heterocycles. The maximum absolute atomic E-state index is 13.1. The first-order valence-electron chi connectivity index (χ1n) is 11.5. The van der Waals surface area contributed by atoms with Gasteiger partial charge in [-0.2, -0.15) is 0 Å². The molecule has 3 rings (SSSR count). The van der Waals surface area contributed by atoms with E-state index in [-0.39, 0.29) is 38.2 Å². The zero-order valence-electron chi connectivity index (χ0n) is 21.4. The first-order valence-corrected chi connectivity index (χ1v) is 12.3. The smallest absolute Gasteiger partial charge is 0.349 e. The van der Waals surface area contributed by atoms with E-state index in [1.165, 1.54) is 80.9 Å². The summed E-state index contributed by atoms with van der Waals surface area (Å²) in [4.78, 5) is 63.5. The third-order valence-electron chi connectivity index (χ3n) is 5.33. The predicted molar refractivity (Wildman–Crippen MR) is 144 cm³/mol. The first-order chi connectivity index (χ1) is 19.5. The molecular formula is C27H22Cl2N2O10. The van der Waals surface area contributed by atoms with Gasteiger partial charge in [-0.1, -0.05) is 35.3 Å². The molecule has 0 aliphatic carbocycles. The van der Waals surface area contributed by atoms with E-state index in [4.69, 9.17) is 42.1 Å². The van der Waals surface area contributed by atoms with Gasteiger partial charge in [0.25, 0.3) is 11.8 Å². The lowest BCUT2D eigenvalue weighted by molar-refractivity contribution is -0.159. The van der Waals surface area contributed by atoms with Crippen LogP contribution in [0.4, 0.5) is 0 Å². The zero-order valence-corrected chi connectivity index (χ0v) is 22.9. The summed E-state index contributed by atoms with van der Waals surface area (Å²) in [7, 11) is 2.71. The maximum atomic E-state index is 13.1. The molecule has 0 radical (unpaired) electrons. The van der Waals surface area contributed by atoms with E-state index < -0.39 is 41.9 Å². The first kappa shape index (κ1) is 30.7. The number of benzene rings is 3. The molecular weight excluding hydrogens is 583 g/mol. The van der Waals surface area contributed by atoms with Crippen LogP contribution < -0.4 is 20.3 Å². The van der Waals surface area contributed by atoms with Crippen molar-refractivity contribution in [1.29, 1.82) is 0 Å². The molecule has 41 heavy (non-hydrogen) atoms. The van der Waals surface area contributed by atoms with Gasteiger partial charge in [-0.25, -0.2) is 14.4 Å². The van der Waals surface area contributed by atoms with E-state index in [2.05, 4.69) is 0 Å². The maximum Gasteiger partial charge on any atom is 0.349 e. The van der Waals surface area contributed by atoms with E-state index in [0.29, 0.717) is 0 Å². The minimum Gasteiger partial charge on any atom is -0.497 e. The van der Waals surface area contributed by atoms with E-state index in [1.54, 1.807) is 0 Å². The van der Waals surface area contributed by atoms with Crippen LogP contribution in [0.25, 0.3) is 0 Å². The molecule has 14 heteroatoms. The molecule has 3 N–H and O–H groups in total. The Morgan fingerprint density at radius 1 is 0.732 bits per heavy atom. The summed E-state index contributed by atoms with van der Waals surface area (Å²) in [5, 5.41) is 10.1. The Kier molecular flexibility index (Phi) is 10.5. The number of carbonyl (C=O) groups excluding carboxylic acids is 4. The number of carbonyl (C=O) groups is 5. The minimum absolute atomic E-state index is 0.0408. The highest BCUT2D eigenvalue weighted by atomic mass is 35.5. The average Bonchev–Trinajstić information content (AvgIpc) is 2.97. The molecule has 0 saturated carbocycles.